The average Bonchev–Trinajstić information content (AvgIpc) is 3.05. The lowest BCUT2D eigenvalue weighted by Crippen LogP contribution is -2.34. The molecule has 1 aromatic carbocycles. The Bertz CT molecular complexity index is 681. The summed E-state index contributed by atoms with van der Waals surface area (Å²) >= 11 is 1.43. The van der Waals surface area contributed by atoms with Gasteiger partial charge in [0.1, 0.15) is 5.82 Å². The van der Waals surface area contributed by atoms with Crippen molar-refractivity contribution >= 4 is 22.6 Å². The minimum atomic E-state index is 0.0888. The summed E-state index contributed by atoms with van der Waals surface area (Å²) in [6.07, 6.45) is 3.42. The average molecular weight is 375 g/mol. The van der Waals surface area contributed by atoms with Crippen molar-refractivity contribution in [3.05, 3.63) is 41.2 Å². The van der Waals surface area contributed by atoms with Gasteiger partial charge in [0.05, 0.1) is 0 Å². The van der Waals surface area contributed by atoms with E-state index in [9.17, 15) is 4.79 Å². The first-order chi connectivity index (χ1) is 12.5. The zero-order chi connectivity index (χ0) is 18.9. The van der Waals surface area contributed by atoms with Crippen molar-refractivity contribution in [1.29, 1.82) is 0 Å². The van der Waals surface area contributed by atoms with Crippen LogP contribution in [0, 0.1) is 6.92 Å². The second-order valence-electron chi connectivity index (χ2n) is 6.97. The van der Waals surface area contributed by atoms with Gasteiger partial charge in [0.25, 0.3) is 0 Å². The van der Waals surface area contributed by atoms with Crippen molar-refractivity contribution in [2.45, 2.75) is 59.4 Å². The Balaban J connectivity index is 1.99. The standard InChI is InChI=1S/C20H30N4OS/c1-5-6-12-24(13-11-19(25)21-15(2)3)20-22-18(23-26-20)14-17-9-7-16(4)8-10-17/h7-10,15H,5-6,11-14H2,1-4H3,(H,21,25). The number of aromatic nitrogens is 2. The van der Waals surface area contributed by atoms with Crippen molar-refractivity contribution in [2.24, 2.45) is 0 Å². The second-order valence-corrected chi connectivity index (χ2v) is 7.70. The smallest absolute Gasteiger partial charge is 0.221 e. The van der Waals surface area contributed by atoms with E-state index < -0.39 is 0 Å². The van der Waals surface area contributed by atoms with Gasteiger partial charge in [0.2, 0.25) is 11.0 Å². The maximum Gasteiger partial charge on any atom is 0.221 e. The topological polar surface area (TPSA) is 58.1 Å². The van der Waals surface area contributed by atoms with E-state index in [0.717, 1.165) is 36.8 Å². The van der Waals surface area contributed by atoms with E-state index in [2.05, 4.69) is 52.7 Å². The summed E-state index contributed by atoms with van der Waals surface area (Å²) in [5.74, 6) is 0.938. The summed E-state index contributed by atoms with van der Waals surface area (Å²) in [6, 6.07) is 8.66. The van der Waals surface area contributed by atoms with Crippen LogP contribution in [0.4, 0.5) is 5.13 Å². The summed E-state index contributed by atoms with van der Waals surface area (Å²) in [5.41, 5.74) is 2.47. The number of nitrogens with one attached hydrogen (secondary N) is 1. The number of anilines is 1. The molecule has 0 fully saturated rings. The number of rotatable bonds is 10. The van der Waals surface area contributed by atoms with E-state index in [1.54, 1.807) is 0 Å². The normalized spacial score (nSPS) is 11.0. The van der Waals surface area contributed by atoms with Gasteiger partial charge in [-0.05, 0) is 32.8 Å². The number of nitrogens with zero attached hydrogens (tertiary/aromatic N) is 3. The third-order valence-electron chi connectivity index (χ3n) is 4.05. The molecule has 0 saturated heterocycles. The third-order valence-corrected chi connectivity index (χ3v) is 4.87. The van der Waals surface area contributed by atoms with E-state index in [1.165, 1.54) is 22.7 Å². The van der Waals surface area contributed by atoms with Crippen LogP contribution < -0.4 is 10.2 Å². The quantitative estimate of drug-likeness (QED) is 0.684. The van der Waals surface area contributed by atoms with E-state index in [4.69, 9.17) is 4.98 Å². The number of hydrogen-bond acceptors (Lipinski definition) is 5. The highest BCUT2D eigenvalue weighted by Gasteiger charge is 2.14. The fraction of sp³-hybridized carbons (Fsp3) is 0.550. The van der Waals surface area contributed by atoms with Gasteiger partial charge < -0.3 is 10.2 Å². The molecule has 0 aliphatic carbocycles. The molecule has 0 unspecified atom stereocenters. The Morgan fingerprint density at radius 3 is 2.62 bits per heavy atom. The molecule has 0 aliphatic heterocycles. The number of carbonyl (C=O) groups is 1. The molecule has 26 heavy (non-hydrogen) atoms. The molecular weight excluding hydrogens is 344 g/mol. The van der Waals surface area contributed by atoms with Gasteiger partial charge in [-0.3, -0.25) is 4.79 Å². The van der Waals surface area contributed by atoms with Gasteiger partial charge in [0, 0.05) is 43.5 Å². The van der Waals surface area contributed by atoms with Crippen molar-refractivity contribution in [3.63, 3.8) is 0 Å². The van der Waals surface area contributed by atoms with Crippen molar-refractivity contribution in [3.8, 4) is 0 Å². The molecule has 1 N–H and O–H groups in total. The predicted octanol–water partition coefficient (Wildman–Crippen LogP) is 3.96. The van der Waals surface area contributed by atoms with Gasteiger partial charge in [0.15, 0.2) is 0 Å². The van der Waals surface area contributed by atoms with Crippen LogP contribution in [0.3, 0.4) is 0 Å². The van der Waals surface area contributed by atoms with Gasteiger partial charge in [-0.25, -0.2) is 4.98 Å². The van der Waals surface area contributed by atoms with Gasteiger partial charge in [-0.2, -0.15) is 4.37 Å². The number of benzene rings is 1. The molecule has 0 aliphatic rings. The number of carbonyl (C=O) groups excluding carboxylic acids is 1. The lowest BCUT2D eigenvalue weighted by molar-refractivity contribution is -0.121. The van der Waals surface area contributed by atoms with Crippen LogP contribution in [0.1, 0.15) is 57.0 Å². The molecule has 1 amide bonds. The van der Waals surface area contributed by atoms with Crippen molar-refractivity contribution < 1.29 is 4.79 Å². The Morgan fingerprint density at radius 2 is 1.96 bits per heavy atom. The van der Waals surface area contributed by atoms with E-state index in [0.29, 0.717) is 13.0 Å². The van der Waals surface area contributed by atoms with Crippen LogP contribution in [-0.2, 0) is 11.2 Å². The van der Waals surface area contributed by atoms with Gasteiger partial charge in [-0.15, -0.1) is 0 Å². The van der Waals surface area contributed by atoms with Crippen molar-refractivity contribution in [2.75, 3.05) is 18.0 Å². The van der Waals surface area contributed by atoms with Crippen LogP contribution >= 0.6 is 11.5 Å². The Kier molecular flexibility index (Phi) is 8.04. The monoisotopic (exact) mass is 374 g/mol. The maximum atomic E-state index is 12.0. The lowest BCUT2D eigenvalue weighted by atomic mass is 10.1. The lowest BCUT2D eigenvalue weighted by Gasteiger charge is -2.21. The number of unbranched alkanes of at least 4 members (excludes halogenated alkanes) is 1. The molecule has 0 spiro atoms. The zero-order valence-corrected chi connectivity index (χ0v) is 17.1. The molecule has 2 rings (SSSR count). The van der Waals surface area contributed by atoms with E-state index in [-0.39, 0.29) is 11.9 Å². The summed E-state index contributed by atoms with van der Waals surface area (Å²) in [4.78, 5) is 18.9. The fourth-order valence-electron chi connectivity index (χ4n) is 2.62. The summed E-state index contributed by atoms with van der Waals surface area (Å²) < 4.78 is 4.53. The Hall–Kier alpha value is -1.95. The molecule has 1 aromatic heterocycles. The Labute approximate surface area is 161 Å². The van der Waals surface area contributed by atoms with Crippen LogP contribution in [0.25, 0.3) is 0 Å². The SMILES string of the molecule is CCCCN(CCC(=O)NC(C)C)c1nc(Cc2ccc(C)cc2)ns1. The summed E-state index contributed by atoms with van der Waals surface area (Å²) in [5, 5.41) is 3.86. The molecule has 2 aromatic rings. The molecule has 5 nitrogen and oxygen atoms in total. The van der Waals surface area contributed by atoms with Crippen LogP contribution in [0.5, 0.6) is 0 Å². The van der Waals surface area contributed by atoms with Crippen LogP contribution in [0.2, 0.25) is 0 Å². The zero-order valence-electron chi connectivity index (χ0n) is 16.3. The largest absolute Gasteiger partial charge is 0.354 e. The highest BCUT2D eigenvalue weighted by Crippen LogP contribution is 2.20. The fourth-order valence-corrected chi connectivity index (χ4v) is 3.35. The minimum absolute atomic E-state index is 0.0888. The first-order valence-electron chi connectivity index (χ1n) is 9.40. The minimum Gasteiger partial charge on any atom is -0.354 e. The number of aryl methyl sites for hydroxylation is 1. The first kappa shape index (κ1) is 20.4. The summed E-state index contributed by atoms with van der Waals surface area (Å²) in [6.45, 7) is 9.81. The molecule has 0 radical (unpaired) electrons. The Morgan fingerprint density at radius 1 is 1.23 bits per heavy atom. The van der Waals surface area contributed by atoms with Crippen LogP contribution in [-0.4, -0.2) is 34.4 Å². The highest BCUT2D eigenvalue weighted by molar-refractivity contribution is 7.09. The highest BCUT2D eigenvalue weighted by atomic mass is 32.1. The summed E-state index contributed by atoms with van der Waals surface area (Å²) in [7, 11) is 0. The van der Waals surface area contributed by atoms with Crippen molar-refractivity contribution in [1.82, 2.24) is 14.7 Å². The van der Waals surface area contributed by atoms with Gasteiger partial charge in [-0.1, -0.05) is 43.2 Å². The molecule has 0 bridgehead atoms. The second kappa shape index (κ2) is 10.3. The molecular formula is C20H30N4OS. The number of hydrogen-bond donors (Lipinski definition) is 1. The maximum absolute atomic E-state index is 12.0. The first-order valence-corrected chi connectivity index (χ1v) is 10.2. The van der Waals surface area contributed by atoms with Crippen LogP contribution in [0.15, 0.2) is 24.3 Å². The number of amides is 1. The molecule has 142 valence electrons. The third kappa shape index (κ3) is 6.75. The molecule has 0 saturated carbocycles. The van der Waals surface area contributed by atoms with E-state index >= 15 is 0 Å². The molecule has 6 heteroatoms. The predicted molar refractivity (Wildman–Crippen MR) is 109 cm³/mol. The van der Waals surface area contributed by atoms with E-state index in [1.807, 2.05) is 13.8 Å². The molecule has 0 atom stereocenters. The molecule has 1 heterocycles. The van der Waals surface area contributed by atoms with Gasteiger partial charge >= 0.3 is 0 Å².